The Morgan fingerprint density at radius 2 is 1.73 bits per heavy atom. The maximum atomic E-state index is 13.8. The van der Waals surface area contributed by atoms with Crippen molar-refractivity contribution in [3.63, 3.8) is 0 Å². The van der Waals surface area contributed by atoms with E-state index in [1.807, 2.05) is 52.0 Å². The van der Waals surface area contributed by atoms with Gasteiger partial charge in [-0.15, -0.1) is 0 Å². The molecule has 8 heteroatoms. The first-order chi connectivity index (χ1) is 15.8. The second-order valence-electron chi connectivity index (χ2n) is 8.28. The van der Waals surface area contributed by atoms with Crippen LogP contribution in [0.4, 0.5) is 5.82 Å². The van der Waals surface area contributed by atoms with Crippen molar-refractivity contribution in [2.45, 2.75) is 46.7 Å². The van der Waals surface area contributed by atoms with Gasteiger partial charge in [-0.2, -0.15) is 5.26 Å². The van der Waals surface area contributed by atoms with Gasteiger partial charge in [0.25, 0.3) is 5.56 Å². The van der Waals surface area contributed by atoms with Crippen molar-refractivity contribution in [2.75, 3.05) is 5.32 Å². The zero-order valence-corrected chi connectivity index (χ0v) is 19.3. The van der Waals surface area contributed by atoms with Crippen molar-refractivity contribution >= 4 is 16.6 Å². The maximum absolute atomic E-state index is 13.8. The van der Waals surface area contributed by atoms with Crippen LogP contribution >= 0.6 is 0 Å². The normalized spacial score (nSPS) is 12.0. The molecule has 0 fully saturated rings. The van der Waals surface area contributed by atoms with Crippen molar-refractivity contribution in [3.8, 4) is 17.2 Å². The number of rotatable bonds is 5. The summed E-state index contributed by atoms with van der Waals surface area (Å²) in [6.45, 7) is 9.52. The summed E-state index contributed by atoms with van der Waals surface area (Å²) in [5, 5.41) is 14.2. The van der Waals surface area contributed by atoms with E-state index in [1.165, 1.54) is 6.20 Å². The number of aromatic nitrogens is 5. The molecule has 166 valence electrons. The first-order valence-corrected chi connectivity index (χ1v) is 10.8. The summed E-state index contributed by atoms with van der Waals surface area (Å²) in [7, 11) is 0. The second-order valence-corrected chi connectivity index (χ2v) is 8.28. The highest BCUT2D eigenvalue weighted by molar-refractivity contribution is 5.96. The molecule has 0 aliphatic heterocycles. The van der Waals surface area contributed by atoms with Crippen molar-refractivity contribution in [1.82, 2.24) is 24.5 Å². The van der Waals surface area contributed by atoms with Crippen LogP contribution in [0.15, 0.2) is 47.7 Å². The van der Waals surface area contributed by atoms with E-state index < -0.39 is 0 Å². The van der Waals surface area contributed by atoms with Gasteiger partial charge in [0.15, 0.2) is 0 Å². The summed E-state index contributed by atoms with van der Waals surface area (Å²) in [6.07, 6.45) is 4.99. The van der Waals surface area contributed by atoms with Crippen LogP contribution in [-0.2, 0) is 0 Å². The number of hydrogen-bond donors (Lipinski definition) is 1. The lowest BCUT2D eigenvalue weighted by atomic mass is 9.99. The van der Waals surface area contributed by atoms with Gasteiger partial charge in [-0.1, -0.05) is 18.2 Å². The SMILES string of the molecule is Cc1ncc(-c2cccc3cc([C@H](C)Nc4nc(C)ncc4C#N)n(C(C)C)c(=O)c23)cn1. The van der Waals surface area contributed by atoms with E-state index >= 15 is 0 Å². The Bertz CT molecular complexity index is 1430. The lowest BCUT2D eigenvalue weighted by Gasteiger charge is -2.24. The van der Waals surface area contributed by atoms with Gasteiger partial charge in [0, 0.05) is 29.7 Å². The molecule has 0 radical (unpaired) electrons. The van der Waals surface area contributed by atoms with Crippen molar-refractivity contribution in [1.29, 1.82) is 5.26 Å². The van der Waals surface area contributed by atoms with Gasteiger partial charge >= 0.3 is 0 Å². The molecule has 4 aromatic rings. The number of pyridine rings is 1. The van der Waals surface area contributed by atoms with E-state index in [4.69, 9.17) is 0 Å². The third-order valence-electron chi connectivity index (χ3n) is 5.55. The average Bonchev–Trinajstić information content (AvgIpc) is 2.79. The number of nitriles is 1. The van der Waals surface area contributed by atoms with E-state index in [0.717, 1.165) is 22.2 Å². The third-order valence-corrected chi connectivity index (χ3v) is 5.55. The van der Waals surface area contributed by atoms with Crippen LogP contribution in [0.1, 0.15) is 55.8 Å². The summed E-state index contributed by atoms with van der Waals surface area (Å²) < 4.78 is 1.79. The fraction of sp³-hybridized carbons (Fsp3) is 0.280. The molecule has 1 atom stereocenters. The molecule has 0 saturated heterocycles. The monoisotopic (exact) mass is 439 g/mol. The Balaban J connectivity index is 1.89. The van der Waals surface area contributed by atoms with Gasteiger partial charge in [-0.05, 0) is 51.6 Å². The molecule has 0 aliphatic carbocycles. The standard InChI is InChI=1S/C25H25N7O/c1-14(2)32-22(15(3)30-24-19(10-26)11-29-17(5)31-24)9-18-7-6-8-21(23(18)25(32)33)20-12-27-16(4)28-13-20/h6-9,11-15H,1-5H3,(H,29,30,31)/t15-/m0/s1. The molecular weight excluding hydrogens is 414 g/mol. The Morgan fingerprint density at radius 3 is 2.39 bits per heavy atom. The van der Waals surface area contributed by atoms with E-state index in [2.05, 4.69) is 31.3 Å². The van der Waals surface area contributed by atoms with Gasteiger partial charge in [-0.3, -0.25) is 4.79 Å². The lowest BCUT2D eigenvalue weighted by Crippen LogP contribution is -2.28. The van der Waals surface area contributed by atoms with Crippen LogP contribution in [0.3, 0.4) is 0 Å². The Labute approximate surface area is 192 Å². The minimum absolute atomic E-state index is 0.0777. The summed E-state index contributed by atoms with van der Waals surface area (Å²) in [5.74, 6) is 1.69. The number of aryl methyl sites for hydroxylation is 2. The largest absolute Gasteiger partial charge is 0.361 e. The molecule has 0 spiro atoms. The van der Waals surface area contributed by atoms with Gasteiger partial charge in [0.1, 0.15) is 29.1 Å². The molecular formula is C25H25N7O. The minimum atomic E-state index is -0.280. The summed E-state index contributed by atoms with van der Waals surface area (Å²) in [5.41, 5.74) is 2.68. The van der Waals surface area contributed by atoms with Crippen molar-refractivity contribution in [3.05, 3.63) is 76.1 Å². The van der Waals surface area contributed by atoms with Crippen LogP contribution in [0, 0.1) is 25.2 Å². The molecule has 4 rings (SSSR count). The predicted molar refractivity (Wildman–Crippen MR) is 128 cm³/mol. The highest BCUT2D eigenvalue weighted by atomic mass is 16.1. The third kappa shape index (κ3) is 4.17. The number of nitrogens with one attached hydrogen (secondary N) is 1. The molecule has 3 heterocycles. The molecule has 0 unspecified atom stereocenters. The van der Waals surface area contributed by atoms with Gasteiger partial charge < -0.3 is 9.88 Å². The van der Waals surface area contributed by atoms with E-state index in [1.54, 1.807) is 23.9 Å². The van der Waals surface area contributed by atoms with E-state index in [0.29, 0.717) is 28.4 Å². The van der Waals surface area contributed by atoms with E-state index in [9.17, 15) is 10.1 Å². The number of nitrogens with zero attached hydrogens (tertiary/aromatic N) is 6. The van der Waals surface area contributed by atoms with Crippen LogP contribution < -0.4 is 10.9 Å². The molecule has 1 aromatic carbocycles. The van der Waals surface area contributed by atoms with Gasteiger partial charge in [-0.25, -0.2) is 19.9 Å². The molecule has 3 aromatic heterocycles. The molecule has 8 nitrogen and oxygen atoms in total. The van der Waals surface area contributed by atoms with Gasteiger partial charge in [0.2, 0.25) is 0 Å². The molecule has 0 bridgehead atoms. The molecule has 1 N–H and O–H groups in total. The molecule has 0 amide bonds. The first-order valence-electron chi connectivity index (χ1n) is 10.8. The maximum Gasteiger partial charge on any atom is 0.259 e. The van der Waals surface area contributed by atoms with Crippen LogP contribution in [-0.4, -0.2) is 24.5 Å². The fourth-order valence-corrected chi connectivity index (χ4v) is 3.98. The summed E-state index contributed by atoms with van der Waals surface area (Å²) >= 11 is 0. The zero-order chi connectivity index (χ0) is 23.7. The number of anilines is 1. The van der Waals surface area contributed by atoms with Crippen molar-refractivity contribution in [2.24, 2.45) is 0 Å². The van der Waals surface area contributed by atoms with Gasteiger partial charge in [0.05, 0.1) is 17.6 Å². The summed E-state index contributed by atoms with van der Waals surface area (Å²) in [4.78, 5) is 30.9. The number of hydrogen-bond acceptors (Lipinski definition) is 7. The molecule has 0 saturated carbocycles. The minimum Gasteiger partial charge on any atom is -0.361 e. The summed E-state index contributed by atoms with van der Waals surface area (Å²) in [6, 6.07) is 9.57. The number of benzene rings is 1. The highest BCUT2D eigenvalue weighted by Crippen LogP contribution is 2.29. The first kappa shape index (κ1) is 22.1. The topological polar surface area (TPSA) is 109 Å². The van der Waals surface area contributed by atoms with Crippen LogP contribution in [0.25, 0.3) is 21.9 Å². The van der Waals surface area contributed by atoms with Crippen molar-refractivity contribution < 1.29 is 0 Å². The Morgan fingerprint density at radius 1 is 1.03 bits per heavy atom. The smallest absolute Gasteiger partial charge is 0.259 e. The fourth-order valence-electron chi connectivity index (χ4n) is 3.98. The van der Waals surface area contributed by atoms with Crippen LogP contribution in [0.2, 0.25) is 0 Å². The lowest BCUT2D eigenvalue weighted by molar-refractivity contribution is 0.541. The Hall–Kier alpha value is -4.12. The average molecular weight is 440 g/mol. The molecule has 33 heavy (non-hydrogen) atoms. The van der Waals surface area contributed by atoms with E-state index in [-0.39, 0.29) is 17.6 Å². The predicted octanol–water partition coefficient (Wildman–Crippen LogP) is 4.49. The zero-order valence-electron chi connectivity index (χ0n) is 19.3. The highest BCUT2D eigenvalue weighted by Gasteiger charge is 2.20. The molecule has 0 aliphatic rings. The van der Waals surface area contributed by atoms with Crippen LogP contribution in [0.5, 0.6) is 0 Å². The number of fused-ring (bicyclic) bond motifs is 1. The quantitative estimate of drug-likeness (QED) is 0.488. The Kier molecular flexibility index (Phi) is 5.88. The second kappa shape index (κ2) is 8.79.